The summed E-state index contributed by atoms with van der Waals surface area (Å²) in [5, 5.41) is 25.8. The Balaban J connectivity index is 1.06. The molecular formula is C27H31N5O4. The molecule has 1 aliphatic carbocycles. The molecule has 6 rings (SSSR count). The maximum Gasteiger partial charge on any atom is 0.247 e. The van der Waals surface area contributed by atoms with E-state index in [4.69, 9.17) is 4.99 Å². The van der Waals surface area contributed by atoms with Crippen LogP contribution in [0.3, 0.4) is 0 Å². The number of carbonyl (C=O) groups is 2. The van der Waals surface area contributed by atoms with Crippen molar-refractivity contribution in [3.05, 3.63) is 53.6 Å². The number of rotatable bonds is 3. The Morgan fingerprint density at radius 3 is 2.67 bits per heavy atom. The number of anilines is 1. The van der Waals surface area contributed by atoms with E-state index in [0.717, 1.165) is 29.7 Å². The Bertz CT molecular complexity index is 1220. The van der Waals surface area contributed by atoms with Gasteiger partial charge in [0.15, 0.2) is 11.5 Å². The van der Waals surface area contributed by atoms with Crippen LogP contribution in [0.5, 0.6) is 11.5 Å². The number of phenols is 2. The topological polar surface area (TPSA) is 118 Å². The number of aryl methyl sites for hydroxylation is 1. The molecule has 3 aliphatic heterocycles. The fraction of sp³-hybridized carbons (Fsp3) is 0.444. The molecule has 4 aliphatic rings. The number of fused-ring (bicyclic) bond motifs is 3. The minimum absolute atomic E-state index is 0.0676. The number of nitrogens with one attached hydrogen (secondary N) is 2. The van der Waals surface area contributed by atoms with Gasteiger partial charge in [-0.1, -0.05) is 18.2 Å². The van der Waals surface area contributed by atoms with Crippen LogP contribution in [0.4, 0.5) is 5.69 Å². The van der Waals surface area contributed by atoms with Crippen molar-refractivity contribution >= 4 is 23.3 Å². The molecule has 0 radical (unpaired) electrons. The normalized spacial score (nSPS) is 24.7. The van der Waals surface area contributed by atoms with Gasteiger partial charge in [0.1, 0.15) is 11.4 Å². The summed E-state index contributed by atoms with van der Waals surface area (Å²) >= 11 is 0. The molecule has 0 unspecified atom stereocenters. The van der Waals surface area contributed by atoms with E-state index in [1.807, 2.05) is 30.3 Å². The molecular weight excluding hydrogens is 458 g/mol. The monoisotopic (exact) mass is 489 g/mol. The van der Waals surface area contributed by atoms with Crippen molar-refractivity contribution in [2.75, 3.05) is 31.2 Å². The van der Waals surface area contributed by atoms with E-state index < -0.39 is 5.54 Å². The van der Waals surface area contributed by atoms with Crippen LogP contribution in [-0.2, 0) is 16.0 Å². The van der Waals surface area contributed by atoms with Crippen LogP contribution >= 0.6 is 0 Å². The number of aromatic hydroxyl groups is 2. The van der Waals surface area contributed by atoms with Crippen molar-refractivity contribution in [2.24, 2.45) is 4.99 Å². The summed E-state index contributed by atoms with van der Waals surface area (Å²) in [6.07, 6.45) is 3.59. The number of amides is 2. The zero-order valence-corrected chi connectivity index (χ0v) is 20.1. The second-order valence-electron chi connectivity index (χ2n) is 10.3. The number of hydrogen-bond donors (Lipinski definition) is 4. The highest BCUT2D eigenvalue weighted by Gasteiger charge is 2.50. The average Bonchev–Trinajstić information content (AvgIpc) is 3.43. The lowest BCUT2D eigenvalue weighted by Gasteiger charge is -2.43. The van der Waals surface area contributed by atoms with Crippen LogP contribution in [0, 0.1) is 0 Å². The molecule has 1 spiro atoms. The smallest absolute Gasteiger partial charge is 0.247 e. The number of amidine groups is 1. The van der Waals surface area contributed by atoms with Gasteiger partial charge >= 0.3 is 0 Å². The molecule has 2 atom stereocenters. The van der Waals surface area contributed by atoms with Gasteiger partial charge in [-0.3, -0.25) is 19.5 Å². The summed E-state index contributed by atoms with van der Waals surface area (Å²) in [5.41, 5.74) is 2.52. The van der Waals surface area contributed by atoms with E-state index in [2.05, 4.69) is 20.4 Å². The Morgan fingerprint density at radius 2 is 1.89 bits per heavy atom. The third-order valence-corrected chi connectivity index (χ3v) is 8.28. The molecule has 2 aromatic rings. The Morgan fingerprint density at radius 1 is 1.14 bits per heavy atom. The maximum absolute atomic E-state index is 12.9. The molecule has 4 N–H and O–H groups in total. The summed E-state index contributed by atoms with van der Waals surface area (Å²) in [7, 11) is 0. The first-order valence-electron chi connectivity index (χ1n) is 12.7. The van der Waals surface area contributed by atoms with Crippen molar-refractivity contribution in [3.8, 4) is 11.5 Å². The summed E-state index contributed by atoms with van der Waals surface area (Å²) in [4.78, 5) is 34.8. The molecule has 0 saturated carbocycles. The predicted molar refractivity (Wildman–Crippen MR) is 135 cm³/mol. The van der Waals surface area contributed by atoms with Crippen LogP contribution in [0.2, 0.25) is 0 Å². The largest absolute Gasteiger partial charge is 0.504 e. The fourth-order valence-corrected chi connectivity index (χ4v) is 6.37. The number of carbonyl (C=O) groups excluding carboxylic acids is 2. The molecule has 0 aromatic heterocycles. The van der Waals surface area contributed by atoms with Crippen LogP contribution < -0.4 is 15.5 Å². The van der Waals surface area contributed by atoms with Crippen molar-refractivity contribution in [2.45, 2.75) is 49.6 Å². The SMILES string of the molecule is O=C(CN1CCC2(CC1)C(=O)NCN2c1ccccc1)NC1=N[C@@H]2CCc3cc(O)c(O)cc3[C@@H]2C1. The molecule has 2 saturated heterocycles. The number of phenolic OH excluding ortho intramolecular Hbond substituents is 2. The van der Waals surface area contributed by atoms with Gasteiger partial charge in [-0.15, -0.1) is 0 Å². The lowest BCUT2D eigenvalue weighted by Crippen LogP contribution is -2.57. The molecule has 9 nitrogen and oxygen atoms in total. The standard InChI is InChI=1S/C27H31N5O4/c33-22-12-17-6-7-21-20(19(17)13-23(22)34)14-24(29-21)30-25(35)15-31-10-8-27(9-11-31)26(36)28-16-32(27)18-4-2-1-3-5-18/h1-5,12-13,20-21,33-34H,6-11,14-16H2,(H,28,36)(H,29,30,35)/t20-,21+/m0/s1. The summed E-state index contributed by atoms with van der Waals surface area (Å²) in [5.74, 6) is 0.567. The van der Waals surface area contributed by atoms with Crippen LogP contribution in [0.25, 0.3) is 0 Å². The third kappa shape index (κ3) is 3.87. The van der Waals surface area contributed by atoms with E-state index >= 15 is 0 Å². The predicted octanol–water partition coefficient (Wildman–Crippen LogP) is 1.84. The third-order valence-electron chi connectivity index (χ3n) is 8.28. The highest BCUT2D eigenvalue weighted by Crippen LogP contribution is 2.43. The van der Waals surface area contributed by atoms with E-state index in [-0.39, 0.29) is 41.8 Å². The molecule has 0 bridgehead atoms. The summed E-state index contributed by atoms with van der Waals surface area (Å²) in [6.45, 7) is 2.10. The van der Waals surface area contributed by atoms with Gasteiger partial charge in [0.05, 0.1) is 19.3 Å². The maximum atomic E-state index is 12.9. The van der Waals surface area contributed by atoms with Gasteiger partial charge in [0.2, 0.25) is 11.8 Å². The minimum atomic E-state index is -0.563. The molecule has 2 fully saturated rings. The van der Waals surface area contributed by atoms with Gasteiger partial charge in [-0.2, -0.15) is 0 Å². The number of piperidine rings is 1. The Labute approximate surface area is 209 Å². The second-order valence-corrected chi connectivity index (χ2v) is 10.3. The Kier molecular flexibility index (Phi) is 5.59. The molecule has 188 valence electrons. The zero-order chi connectivity index (χ0) is 24.9. The first kappa shape index (κ1) is 22.8. The Hall–Kier alpha value is -3.59. The molecule has 2 aromatic carbocycles. The van der Waals surface area contributed by atoms with Crippen molar-refractivity contribution in [1.29, 1.82) is 0 Å². The van der Waals surface area contributed by atoms with Crippen LogP contribution in [0.1, 0.15) is 42.7 Å². The highest BCUT2D eigenvalue weighted by atomic mass is 16.3. The molecule has 3 heterocycles. The lowest BCUT2D eigenvalue weighted by atomic mass is 9.79. The number of para-hydroxylation sites is 1. The number of likely N-dealkylation sites (tertiary alicyclic amines) is 1. The van der Waals surface area contributed by atoms with Gasteiger partial charge in [0.25, 0.3) is 0 Å². The van der Waals surface area contributed by atoms with E-state index in [0.29, 0.717) is 44.9 Å². The van der Waals surface area contributed by atoms with Gasteiger partial charge in [-0.25, -0.2) is 0 Å². The van der Waals surface area contributed by atoms with Gasteiger partial charge in [0, 0.05) is 31.1 Å². The van der Waals surface area contributed by atoms with Gasteiger partial charge < -0.3 is 25.7 Å². The van der Waals surface area contributed by atoms with Gasteiger partial charge in [-0.05, 0) is 61.1 Å². The van der Waals surface area contributed by atoms with Crippen molar-refractivity contribution < 1.29 is 19.8 Å². The zero-order valence-electron chi connectivity index (χ0n) is 20.1. The number of aliphatic imine (C=N–C) groups is 1. The fourth-order valence-electron chi connectivity index (χ4n) is 6.37. The molecule has 2 amide bonds. The van der Waals surface area contributed by atoms with Crippen LogP contribution in [-0.4, -0.2) is 70.6 Å². The molecule has 9 heteroatoms. The number of benzene rings is 2. The molecule has 36 heavy (non-hydrogen) atoms. The first-order chi connectivity index (χ1) is 17.4. The second kappa shape index (κ2) is 8.81. The van der Waals surface area contributed by atoms with E-state index in [1.165, 1.54) is 0 Å². The lowest BCUT2D eigenvalue weighted by molar-refractivity contribution is -0.125. The highest BCUT2D eigenvalue weighted by molar-refractivity contribution is 6.00. The minimum Gasteiger partial charge on any atom is -0.504 e. The van der Waals surface area contributed by atoms with E-state index in [9.17, 15) is 19.8 Å². The first-order valence-corrected chi connectivity index (χ1v) is 12.7. The summed E-state index contributed by atoms with van der Waals surface area (Å²) < 4.78 is 0. The van der Waals surface area contributed by atoms with E-state index in [1.54, 1.807) is 12.1 Å². The number of hydrogen-bond acceptors (Lipinski definition) is 7. The van der Waals surface area contributed by atoms with Crippen LogP contribution in [0.15, 0.2) is 47.5 Å². The average molecular weight is 490 g/mol. The summed E-state index contributed by atoms with van der Waals surface area (Å²) in [6, 6.07) is 13.4. The number of nitrogens with zero attached hydrogens (tertiary/aromatic N) is 3. The van der Waals surface area contributed by atoms with Crippen molar-refractivity contribution in [3.63, 3.8) is 0 Å². The quantitative estimate of drug-likeness (QED) is 0.489. The van der Waals surface area contributed by atoms with Crippen molar-refractivity contribution in [1.82, 2.24) is 15.5 Å².